The average molecular weight is 517 g/mol. The molecule has 0 aliphatic heterocycles. The summed E-state index contributed by atoms with van der Waals surface area (Å²) >= 11 is 0. The van der Waals surface area contributed by atoms with Gasteiger partial charge in [0.1, 0.15) is 0 Å². The molecule has 5 heteroatoms. The minimum atomic E-state index is -0.942. The zero-order chi connectivity index (χ0) is 26.4. The molecular formula is C32H40F4O. The summed E-state index contributed by atoms with van der Waals surface area (Å²) in [7, 11) is 1.32. The van der Waals surface area contributed by atoms with Crippen LogP contribution in [0.1, 0.15) is 112 Å². The van der Waals surface area contributed by atoms with E-state index in [1.165, 1.54) is 38.9 Å². The largest absolute Gasteiger partial charge is 0.494 e. The van der Waals surface area contributed by atoms with Crippen molar-refractivity contribution in [3.63, 3.8) is 0 Å². The molecule has 0 spiro atoms. The molecule has 0 saturated heterocycles. The first kappa shape index (κ1) is 27.7. The number of hydrogen-bond acceptors (Lipinski definition) is 1. The van der Waals surface area contributed by atoms with Crippen LogP contribution in [0, 0.1) is 35.1 Å². The monoisotopic (exact) mass is 516 g/mol. The summed E-state index contributed by atoms with van der Waals surface area (Å²) in [6.07, 6.45) is 15.8. The first-order valence-electron chi connectivity index (χ1n) is 14.1. The van der Waals surface area contributed by atoms with Gasteiger partial charge in [-0.25, -0.2) is 13.2 Å². The molecule has 0 N–H and O–H groups in total. The fourth-order valence-corrected chi connectivity index (χ4v) is 6.35. The predicted octanol–water partition coefficient (Wildman–Crippen LogP) is 10.1. The van der Waals surface area contributed by atoms with Gasteiger partial charge in [-0.15, -0.1) is 0 Å². The lowest BCUT2D eigenvalue weighted by Crippen LogP contribution is -2.15. The summed E-state index contributed by atoms with van der Waals surface area (Å²) in [6.45, 7) is 2.22. The summed E-state index contributed by atoms with van der Waals surface area (Å²) in [6, 6.07) is 6.56. The molecule has 0 bridgehead atoms. The van der Waals surface area contributed by atoms with E-state index in [4.69, 9.17) is 4.74 Å². The molecule has 37 heavy (non-hydrogen) atoms. The lowest BCUT2D eigenvalue weighted by atomic mass is 9.76. The number of allylic oxidation sites excluding steroid dienone is 1. The van der Waals surface area contributed by atoms with E-state index in [9.17, 15) is 13.2 Å². The molecular weight excluding hydrogens is 476 g/mol. The minimum Gasteiger partial charge on any atom is -0.494 e. The van der Waals surface area contributed by atoms with Gasteiger partial charge in [0, 0.05) is 5.56 Å². The van der Waals surface area contributed by atoms with Crippen LogP contribution >= 0.6 is 0 Å². The maximum Gasteiger partial charge on any atom is 0.200 e. The molecule has 2 fully saturated rings. The molecule has 0 radical (unpaired) electrons. The van der Waals surface area contributed by atoms with Gasteiger partial charge in [-0.3, -0.25) is 0 Å². The fourth-order valence-electron chi connectivity index (χ4n) is 6.35. The molecule has 2 saturated carbocycles. The average Bonchev–Trinajstić information content (AvgIpc) is 2.92. The number of benzene rings is 2. The van der Waals surface area contributed by atoms with Gasteiger partial charge in [0.2, 0.25) is 5.82 Å². The Morgan fingerprint density at radius 3 is 1.95 bits per heavy atom. The second-order valence-corrected chi connectivity index (χ2v) is 11.0. The maximum atomic E-state index is 15.0. The standard InChI is InChI=1S/C32H40F4O/c1-3-4-5-6-21-7-12-23(13-8-21)26-18-17-25(29(33)30(26)34)16-11-22-9-14-24(15-10-22)27-19-20-28(37-2)32(36)31(27)35/h11,16-24H,3-10,12-15H2,1-2H3. The molecule has 2 aliphatic carbocycles. The Kier molecular flexibility index (Phi) is 9.72. The van der Waals surface area contributed by atoms with Crippen LogP contribution in [-0.2, 0) is 0 Å². The Balaban J connectivity index is 1.32. The van der Waals surface area contributed by atoms with Crippen LogP contribution in [-0.4, -0.2) is 7.11 Å². The number of methoxy groups -OCH3 is 1. The third kappa shape index (κ3) is 6.59. The third-order valence-electron chi connectivity index (χ3n) is 8.70. The molecule has 2 aromatic carbocycles. The van der Waals surface area contributed by atoms with E-state index in [2.05, 4.69) is 6.92 Å². The van der Waals surface area contributed by atoms with E-state index in [0.717, 1.165) is 44.4 Å². The van der Waals surface area contributed by atoms with Gasteiger partial charge in [0.25, 0.3) is 0 Å². The predicted molar refractivity (Wildman–Crippen MR) is 142 cm³/mol. The van der Waals surface area contributed by atoms with E-state index in [0.29, 0.717) is 24.0 Å². The first-order chi connectivity index (χ1) is 17.9. The first-order valence-corrected chi connectivity index (χ1v) is 14.1. The molecule has 0 unspecified atom stereocenters. The molecule has 1 nitrogen and oxygen atoms in total. The molecule has 2 aromatic rings. The van der Waals surface area contributed by atoms with Crippen molar-refractivity contribution in [2.45, 2.75) is 95.8 Å². The minimum absolute atomic E-state index is 0.0553. The maximum absolute atomic E-state index is 15.0. The van der Waals surface area contributed by atoms with Gasteiger partial charge in [0.05, 0.1) is 7.11 Å². The van der Waals surface area contributed by atoms with Crippen molar-refractivity contribution in [2.24, 2.45) is 11.8 Å². The fraction of sp³-hybridized carbons (Fsp3) is 0.562. The van der Waals surface area contributed by atoms with Crippen LogP contribution in [0.2, 0.25) is 0 Å². The van der Waals surface area contributed by atoms with Crippen molar-refractivity contribution >= 4 is 6.08 Å². The van der Waals surface area contributed by atoms with Crippen LogP contribution in [0.15, 0.2) is 30.3 Å². The molecule has 2 aliphatic rings. The highest BCUT2D eigenvalue weighted by atomic mass is 19.2. The Morgan fingerprint density at radius 1 is 0.730 bits per heavy atom. The number of ether oxygens (including phenoxy) is 1. The lowest BCUT2D eigenvalue weighted by molar-refractivity contribution is 0.298. The van der Waals surface area contributed by atoms with Crippen molar-refractivity contribution < 1.29 is 22.3 Å². The summed E-state index contributed by atoms with van der Waals surface area (Å²) in [5, 5.41) is 0. The summed E-state index contributed by atoms with van der Waals surface area (Å²) in [4.78, 5) is 0. The molecule has 0 atom stereocenters. The van der Waals surface area contributed by atoms with Crippen LogP contribution < -0.4 is 4.74 Å². The van der Waals surface area contributed by atoms with Crippen LogP contribution in [0.25, 0.3) is 6.08 Å². The van der Waals surface area contributed by atoms with Gasteiger partial charge >= 0.3 is 0 Å². The SMILES string of the molecule is CCCCCC1CCC(c2ccc(C=CC3CCC(c4ccc(OC)c(F)c4F)CC3)c(F)c2F)CC1. The highest BCUT2D eigenvalue weighted by Crippen LogP contribution is 2.41. The van der Waals surface area contributed by atoms with Crippen LogP contribution in [0.5, 0.6) is 5.75 Å². The van der Waals surface area contributed by atoms with Crippen molar-refractivity contribution in [3.05, 3.63) is 70.3 Å². The number of unbranched alkanes of at least 4 members (excludes halogenated alkanes) is 2. The van der Waals surface area contributed by atoms with Crippen molar-refractivity contribution in [1.29, 1.82) is 0 Å². The zero-order valence-corrected chi connectivity index (χ0v) is 22.2. The second kappa shape index (κ2) is 13.0. The summed E-state index contributed by atoms with van der Waals surface area (Å²) in [5.41, 5.74) is 1.19. The topological polar surface area (TPSA) is 9.23 Å². The molecule has 0 heterocycles. The quantitative estimate of drug-likeness (QED) is 0.238. The zero-order valence-electron chi connectivity index (χ0n) is 22.2. The number of halogens is 4. The Hall–Kier alpha value is -2.30. The van der Waals surface area contributed by atoms with Gasteiger partial charge in [0.15, 0.2) is 23.2 Å². The normalized spacial score (nSPS) is 24.5. The highest BCUT2D eigenvalue weighted by molar-refractivity contribution is 5.52. The molecule has 202 valence electrons. The Labute approximate surface area is 219 Å². The molecule has 4 rings (SSSR count). The van der Waals surface area contributed by atoms with Gasteiger partial charge in [-0.1, -0.05) is 63.0 Å². The van der Waals surface area contributed by atoms with Gasteiger partial charge < -0.3 is 4.74 Å². The highest BCUT2D eigenvalue weighted by Gasteiger charge is 2.27. The van der Waals surface area contributed by atoms with Crippen molar-refractivity contribution in [2.75, 3.05) is 7.11 Å². The van der Waals surface area contributed by atoms with Gasteiger partial charge in [-0.2, -0.15) is 4.39 Å². The van der Waals surface area contributed by atoms with E-state index >= 15 is 4.39 Å². The smallest absolute Gasteiger partial charge is 0.200 e. The second-order valence-electron chi connectivity index (χ2n) is 11.0. The van der Waals surface area contributed by atoms with E-state index < -0.39 is 23.3 Å². The van der Waals surface area contributed by atoms with Crippen LogP contribution in [0.3, 0.4) is 0 Å². The van der Waals surface area contributed by atoms with E-state index in [-0.39, 0.29) is 29.1 Å². The summed E-state index contributed by atoms with van der Waals surface area (Å²) in [5.74, 6) is -2.34. The third-order valence-corrected chi connectivity index (χ3v) is 8.70. The van der Waals surface area contributed by atoms with E-state index in [1.54, 1.807) is 24.3 Å². The van der Waals surface area contributed by atoms with Crippen molar-refractivity contribution in [3.8, 4) is 5.75 Å². The van der Waals surface area contributed by atoms with E-state index in [1.807, 2.05) is 6.08 Å². The Bertz CT molecular complexity index is 1060. The van der Waals surface area contributed by atoms with Crippen molar-refractivity contribution in [1.82, 2.24) is 0 Å². The molecule has 0 aromatic heterocycles. The number of hydrogen-bond donors (Lipinski definition) is 0. The Morgan fingerprint density at radius 2 is 1.32 bits per heavy atom. The lowest BCUT2D eigenvalue weighted by Gasteiger charge is -2.29. The number of rotatable bonds is 9. The van der Waals surface area contributed by atoms with Gasteiger partial charge in [-0.05, 0) is 92.2 Å². The van der Waals surface area contributed by atoms with Crippen LogP contribution in [0.4, 0.5) is 17.6 Å². The summed E-state index contributed by atoms with van der Waals surface area (Å²) < 4.78 is 63.5. The molecule has 0 amide bonds.